The zero-order valence-corrected chi connectivity index (χ0v) is 20.2. The SMILES string of the molecule is CCCC(=O)Nc1ncnn2c([C@]3(C#N)O[C@H](COC(=O)CC4(N)CCCCC4)[C@@H](O)[C@H]3O)ccc12. The average molecular weight is 501 g/mol. The van der Waals surface area contributed by atoms with Gasteiger partial charge < -0.3 is 30.7 Å². The highest BCUT2D eigenvalue weighted by Crippen LogP contribution is 2.40. The Labute approximate surface area is 208 Å². The van der Waals surface area contributed by atoms with E-state index in [2.05, 4.69) is 15.4 Å². The van der Waals surface area contributed by atoms with E-state index in [1.54, 1.807) is 6.07 Å². The van der Waals surface area contributed by atoms with Crippen LogP contribution in [-0.2, 0) is 24.7 Å². The number of nitrogens with zero attached hydrogens (tertiary/aromatic N) is 4. The molecule has 1 saturated heterocycles. The molecule has 2 aromatic heterocycles. The van der Waals surface area contributed by atoms with Gasteiger partial charge in [0.05, 0.1) is 12.1 Å². The average Bonchev–Trinajstić information content (AvgIpc) is 3.39. The number of esters is 1. The van der Waals surface area contributed by atoms with E-state index < -0.39 is 35.4 Å². The second-order valence-corrected chi connectivity index (χ2v) is 9.64. The van der Waals surface area contributed by atoms with Gasteiger partial charge in [0.2, 0.25) is 11.5 Å². The number of anilines is 1. The number of nitrogens with one attached hydrogen (secondary N) is 1. The number of hydrogen-bond donors (Lipinski definition) is 4. The minimum absolute atomic E-state index is 0.0501. The van der Waals surface area contributed by atoms with E-state index in [0.29, 0.717) is 18.4 Å². The molecule has 1 aliphatic carbocycles. The highest BCUT2D eigenvalue weighted by Gasteiger charge is 2.58. The number of ether oxygens (including phenoxy) is 2. The molecule has 0 spiro atoms. The summed E-state index contributed by atoms with van der Waals surface area (Å²) < 4.78 is 12.5. The summed E-state index contributed by atoms with van der Waals surface area (Å²) >= 11 is 0. The number of carbonyl (C=O) groups is 2. The van der Waals surface area contributed by atoms with Gasteiger partial charge in [0.1, 0.15) is 42.8 Å². The first-order valence-electron chi connectivity index (χ1n) is 12.3. The summed E-state index contributed by atoms with van der Waals surface area (Å²) in [4.78, 5) is 28.6. The molecule has 5 N–H and O–H groups in total. The van der Waals surface area contributed by atoms with Crippen molar-refractivity contribution in [2.75, 3.05) is 11.9 Å². The first-order valence-corrected chi connectivity index (χ1v) is 12.3. The van der Waals surface area contributed by atoms with E-state index in [4.69, 9.17) is 15.2 Å². The molecule has 0 radical (unpaired) electrons. The molecule has 12 nitrogen and oxygen atoms in total. The molecule has 4 rings (SSSR count). The Kier molecular flexibility index (Phi) is 7.56. The van der Waals surface area contributed by atoms with Gasteiger partial charge in [0.15, 0.2) is 5.82 Å². The molecule has 4 atom stereocenters. The topological polar surface area (TPSA) is 185 Å². The summed E-state index contributed by atoms with van der Waals surface area (Å²) in [5.41, 5.74) is 4.24. The van der Waals surface area contributed by atoms with Gasteiger partial charge in [-0.05, 0) is 31.4 Å². The lowest BCUT2D eigenvalue weighted by atomic mass is 9.80. The Hall–Kier alpha value is -3.11. The Morgan fingerprint density at radius 3 is 2.78 bits per heavy atom. The predicted octanol–water partition coefficient (Wildman–Crippen LogP) is 0.902. The molecule has 0 aromatic carbocycles. The van der Waals surface area contributed by atoms with Crippen LogP contribution in [0.25, 0.3) is 5.52 Å². The third kappa shape index (κ3) is 4.92. The molecule has 2 aromatic rings. The molecule has 36 heavy (non-hydrogen) atoms. The van der Waals surface area contributed by atoms with Gasteiger partial charge in [-0.2, -0.15) is 10.4 Å². The van der Waals surface area contributed by atoms with Gasteiger partial charge in [0.25, 0.3) is 0 Å². The van der Waals surface area contributed by atoms with E-state index in [0.717, 1.165) is 32.1 Å². The van der Waals surface area contributed by atoms with Crippen molar-refractivity contribution in [2.24, 2.45) is 5.73 Å². The van der Waals surface area contributed by atoms with Crippen LogP contribution in [0.5, 0.6) is 0 Å². The van der Waals surface area contributed by atoms with Crippen LogP contribution in [0.15, 0.2) is 18.5 Å². The maximum absolute atomic E-state index is 12.4. The summed E-state index contributed by atoms with van der Waals surface area (Å²) in [6, 6.07) is 5.05. The summed E-state index contributed by atoms with van der Waals surface area (Å²) in [6.07, 6.45) is 2.41. The fourth-order valence-electron chi connectivity index (χ4n) is 5.00. The number of nitrogens with two attached hydrogens (primary N) is 1. The van der Waals surface area contributed by atoms with Crippen LogP contribution >= 0.6 is 0 Å². The number of nitriles is 1. The summed E-state index contributed by atoms with van der Waals surface area (Å²) in [5, 5.41) is 38.5. The standard InChI is InChI=1S/C24H32N6O6/c1-2-6-18(31)29-22-15-7-8-17(30(15)28-14-27-22)24(13-25)21(34)20(33)16(36-24)12-35-19(32)11-23(26)9-4-3-5-10-23/h7-8,14,16,20-21,33-34H,2-6,9-12,26H2,1H3,(H,27,28,29,31)/t16-,20-,21-,24+/m1/s1. The number of aliphatic hydroxyl groups is 2. The number of aliphatic hydroxyl groups excluding tert-OH is 2. The van der Waals surface area contributed by atoms with Gasteiger partial charge in [-0.25, -0.2) is 9.50 Å². The van der Waals surface area contributed by atoms with Gasteiger partial charge in [-0.15, -0.1) is 0 Å². The predicted molar refractivity (Wildman–Crippen MR) is 126 cm³/mol. The van der Waals surface area contributed by atoms with Crippen molar-refractivity contribution < 1.29 is 29.3 Å². The highest BCUT2D eigenvalue weighted by molar-refractivity contribution is 5.93. The molecule has 194 valence electrons. The number of hydrogen-bond acceptors (Lipinski definition) is 10. The first kappa shape index (κ1) is 26.0. The Morgan fingerprint density at radius 2 is 2.08 bits per heavy atom. The lowest BCUT2D eigenvalue weighted by Crippen LogP contribution is -2.44. The second-order valence-electron chi connectivity index (χ2n) is 9.64. The van der Waals surface area contributed by atoms with Crippen molar-refractivity contribution in [2.45, 2.75) is 87.7 Å². The molecule has 12 heteroatoms. The molecule has 1 saturated carbocycles. The Morgan fingerprint density at radius 1 is 1.33 bits per heavy atom. The lowest BCUT2D eigenvalue weighted by molar-refractivity contribution is -0.152. The first-order chi connectivity index (χ1) is 17.2. The van der Waals surface area contributed by atoms with E-state index >= 15 is 0 Å². The summed E-state index contributed by atoms with van der Waals surface area (Å²) in [5.74, 6) is -0.509. The quantitative estimate of drug-likeness (QED) is 0.380. The number of carbonyl (C=O) groups excluding carboxylic acids is 2. The zero-order chi connectivity index (χ0) is 25.9. The van der Waals surface area contributed by atoms with Gasteiger partial charge in [-0.3, -0.25) is 9.59 Å². The van der Waals surface area contributed by atoms with Crippen LogP contribution in [0.1, 0.15) is 64.0 Å². The Balaban J connectivity index is 1.51. The van der Waals surface area contributed by atoms with Crippen LogP contribution in [0, 0.1) is 11.3 Å². The van der Waals surface area contributed by atoms with Crippen molar-refractivity contribution in [3.63, 3.8) is 0 Å². The van der Waals surface area contributed by atoms with Crippen LogP contribution in [0.2, 0.25) is 0 Å². The molecule has 3 heterocycles. The van der Waals surface area contributed by atoms with Crippen molar-refractivity contribution in [3.05, 3.63) is 24.2 Å². The van der Waals surface area contributed by atoms with E-state index in [-0.39, 0.29) is 30.4 Å². The molecule has 0 unspecified atom stereocenters. The fourth-order valence-corrected chi connectivity index (χ4v) is 5.00. The minimum Gasteiger partial charge on any atom is -0.463 e. The number of fused-ring (bicyclic) bond motifs is 1. The van der Waals surface area contributed by atoms with E-state index in [1.165, 1.54) is 16.9 Å². The molecule has 2 aliphatic rings. The monoisotopic (exact) mass is 500 g/mol. The van der Waals surface area contributed by atoms with Crippen molar-refractivity contribution in [1.82, 2.24) is 14.6 Å². The van der Waals surface area contributed by atoms with Crippen molar-refractivity contribution in [3.8, 4) is 6.07 Å². The van der Waals surface area contributed by atoms with Gasteiger partial charge in [0, 0.05) is 12.0 Å². The molecular formula is C24H32N6O6. The lowest BCUT2D eigenvalue weighted by Gasteiger charge is -2.32. The van der Waals surface area contributed by atoms with Gasteiger partial charge in [-0.1, -0.05) is 26.2 Å². The third-order valence-electron chi connectivity index (χ3n) is 6.95. The van der Waals surface area contributed by atoms with Crippen LogP contribution in [0.3, 0.4) is 0 Å². The summed E-state index contributed by atoms with van der Waals surface area (Å²) in [7, 11) is 0. The molecular weight excluding hydrogens is 468 g/mol. The van der Waals surface area contributed by atoms with Crippen molar-refractivity contribution in [1.29, 1.82) is 5.26 Å². The third-order valence-corrected chi connectivity index (χ3v) is 6.95. The maximum atomic E-state index is 12.4. The largest absolute Gasteiger partial charge is 0.463 e. The number of amides is 1. The van der Waals surface area contributed by atoms with Gasteiger partial charge >= 0.3 is 5.97 Å². The van der Waals surface area contributed by atoms with E-state index in [9.17, 15) is 25.1 Å². The highest BCUT2D eigenvalue weighted by atomic mass is 16.6. The molecule has 0 bridgehead atoms. The zero-order valence-electron chi connectivity index (χ0n) is 20.2. The van der Waals surface area contributed by atoms with Crippen LogP contribution in [0.4, 0.5) is 5.82 Å². The second kappa shape index (κ2) is 10.5. The van der Waals surface area contributed by atoms with Crippen LogP contribution in [-0.4, -0.2) is 67.1 Å². The molecule has 1 amide bonds. The molecule has 1 aliphatic heterocycles. The van der Waals surface area contributed by atoms with E-state index in [1.807, 2.05) is 13.0 Å². The minimum atomic E-state index is -2.00. The molecule has 2 fully saturated rings. The fraction of sp³-hybridized carbons (Fsp3) is 0.625. The Bertz CT molecular complexity index is 1160. The number of aromatic nitrogens is 3. The number of rotatable bonds is 8. The normalized spacial score (nSPS) is 27.5. The smallest absolute Gasteiger partial charge is 0.307 e. The summed E-state index contributed by atoms with van der Waals surface area (Å²) in [6.45, 7) is 1.52. The van der Waals surface area contributed by atoms with Crippen molar-refractivity contribution >= 4 is 23.2 Å². The van der Waals surface area contributed by atoms with Crippen LogP contribution < -0.4 is 11.1 Å². The maximum Gasteiger partial charge on any atom is 0.307 e.